The van der Waals surface area contributed by atoms with Crippen molar-refractivity contribution in [2.75, 3.05) is 11.4 Å². The van der Waals surface area contributed by atoms with Gasteiger partial charge in [0, 0.05) is 19.2 Å². The Kier molecular flexibility index (Phi) is 5.10. The molecule has 0 radical (unpaired) electrons. The fourth-order valence-electron chi connectivity index (χ4n) is 3.52. The molecule has 1 saturated heterocycles. The maximum atomic E-state index is 12.6. The van der Waals surface area contributed by atoms with Gasteiger partial charge in [0.2, 0.25) is 10.0 Å². The maximum Gasteiger partial charge on any atom is 0.471 e. The second-order valence-corrected chi connectivity index (χ2v) is 8.71. The SMILES string of the molecule is O=C(NCc1ccc(Oc2ccc3c(c2)S(=O)(=O)NC2CCCN32)cc1)C(F)(F)F. The zero-order chi connectivity index (χ0) is 21.5. The molecule has 1 atom stereocenters. The predicted octanol–water partition coefficient (Wildman–Crippen LogP) is 2.88. The standard InChI is InChI=1S/C19H18F3N3O4S/c20-19(21,22)18(26)23-11-12-3-5-13(6-4-12)29-14-7-8-15-16(10-14)30(27,28)24-17-2-1-9-25(15)17/h3-8,10,17,24H,1-2,9,11H2,(H,23,26). The minimum Gasteiger partial charge on any atom is -0.457 e. The average Bonchev–Trinajstić information content (AvgIpc) is 3.14. The zero-order valence-corrected chi connectivity index (χ0v) is 16.4. The summed E-state index contributed by atoms with van der Waals surface area (Å²) in [6.07, 6.45) is -3.49. The monoisotopic (exact) mass is 441 g/mol. The first-order valence-corrected chi connectivity index (χ1v) is 10.7. The third-order valence-corrected chi connectivity index (χ3v) is 6.43. The molecule has 160 valence electrons. The van der Waals surface area contributed by atoms with Gasteiger partial charge in [-0.15, -0.1) is 0 Å². The van der Waals surface area contributed by atoms with Gasteiger partial charge in [0.25, 0.3) is 0 Å². The van der Waals surface area contributed by atoms with Crippen LogP contribution >= 0.6 is 0 Å². The lowest BCUT2D eigenvalue weighted by atomic mass is 10.2. The number of fused-ring (bicyclic) bond motifs is 3. The normalized spacial score (nSPS) is 19.7. The number of hydrogen-bond donors (Lipinski definition) is 2. The number of alkyl halides is 3. The molecule has 2 aliphatic heterocycles. The van der Waals surface area contributed by atoms with Gasteiger partial charge in [-0.05, 0) is 42.7 Å². The highest BCUT2D eigenvalue weighted by molar-refractivity contribution is 7.89. The lowest BCUT2D eigenvalue weighted by Gasteiger charge is -2.33. The molecule has 2 aromatic rings. The van der Waals surface area contributed by atoms with Crippen molar-refractivity contribution in [2.45, 2.75) is 36.6 Å². The van der Waals surface area contributed by atoms with E-state index in [-0.39, 0.29) is 17.6 Å². The molecule has 0 saturated carbocycles. The van der Waals surface area contributed by atoms with Crippen LogP contribution in [-0.2, 0) is 21.4 Å². The Morgan fingerprint density at radius 1 is 1.17 bits per heavy atom. The number of amides is 1. The van der Waals surface area contributed by atoms with Gasteiger partial charge in [-0.25, -0.2) is 8.42 Å². The van der Waals surface area contributed by atoms with Gasteiger partial charge in [-0.1, -0.05) is 12.1 Å². The van der Waals surface area contributed by atoms with E-state index in [1.165, 1.54) is 30.3 Å². The van der Waals surface area contributed by atoms with Gasteiger partial charge >= 0.3 is 12.1 Å². The summed E-state index contributed by atoms with van der Waals surface area (Å²) < 4.78 is 70.2. The molecule has 0 bridgehead atoms. The Balaban J connectivity index is 1.47. The smallest absolute Gasteiger partial charge is 0.457 e. The van der Waals surface area contributed by atoms with Gasteiger partial charge < -0.3 is 15.0 Å². The molecular weight excluding hydrogens is 423 g/mol. The summed E-state index contributed by atoms with van der Waals surface area (Å²) in [5, 5.41) is 1.79. The quantitative estimate of drug-likeness (QED) is 0.762. The third kappa shape index (κ3) is 4.08. The number of halogens is 3. The van der Waals surface area contributed by atoms with Crippen molar-refractivity contribution in [1.29, 1.82) is 0 Å². The highest BCUT2D eigenvalue weighted by Gasteiger charge is 2.39. The summed E-state index contributed by atoms with van der Waals surface area (Å²) in [5.41, 5.74) is 1.09. The number of sulfonamides is 1. The number of carbonyl (C=O) groups excluding carboxylic acids is 1. The summed E-state index contributed by atoms with van der Waals surface area (Å²) in [6, 6.07) is 10.9. The zero-order valence-electron chi connectivity index (χ0n) is 15.6. The molecule has 4 rings (SSSR count). The molecule has 1 unspecified atom stereocenters. The second kappa shape index (κ2) is 7.47. The second-order valence-electron chi connectivity index (χ2n) is 7.03. The van der Waals surface area contributed by atoms with E-state index in [0.717, 1.165) is 19.4 Å². The molecule has 0 aliphatic carbocycles. The van der Waals surface area contributed by atoms with Crippen LogP contribution in [0.4, 0.5) is 18.9 Å². The molecule has 1 amide bonds. The number of anilines is 1. The van der Waals surface area contributed by atoms with Gasteiger partial charge in [-0.3, -0.25) is 4.79 Å². The van der Waals surface area contributed by atoms with Crippen molar-refractivity contribution < 1.29 is 31.1 Å². The van der Waals surface area contributed by atoms with Crippen LogP contribution < -0.4 is 19.7 Å². The van der Waals surface area contributed by atoms with Crippen LogP contribution in [0.1, 0.15) is 18.4 Å². The van der Waals surface area contributed by atoms with E-state index in [2.05, 4.69) is 4.72 Å². The van der Waals surface area contributed by atoms with Crippen molar-refractivity contribution in [2.24, 2.45) is 0 Å². The molecule has 7 nitrogen and oxygen atoms in total. The Bertz CT molecular complexity index is 1070. The molecule has 1 fully saturated rings. The highest BCUT2D eigenvalue weighted by Crippen LogP contribution is 2.38. The minimum atomic E-state index is -4.93. The molecule has 11 heteroatoms. The summed E-state index contributed by atoms with van der Waals surface area (Å²) >= 11 is 0. The van der Waals surface area contributed by atoms with Gasteiger partial charge in [-0.2, -0.15) is 17.9 Å². The Morgan fingerprint density at radius 3 is 2.57 bits per heavy atom. The van der Waals surface area contributed by atoms with E-state index in [1.54, 1.807) is 17.4 Å². The number of ether oxygens (including phenoxy) is 1. The van der Waals surface area contributed by atoms with Crippen molar-refractivity contribution in [3.8, 4) is 11.5 Å². The first-order valence-electron chi connectivity index (χ1n) is 9.18. The number of hydrogen-bond acceptors (Lipinski definition) is 5. The molecule has 2 N–H and O–H groups in total. The van der Waals surface area contributed by atoms with E-state index in [1.807, 2.05) is 4.90 Å². The minimum absolute atomic E-state index is 0.143. The van der Waals surface area contributed by atoms with Crippen molar-refractivity contribution in [3.05, 3.63) is 48.0 Å². The molecule has 0 aromatic heterocycles. The van der Waals surface area contributed by atoms with Crippen LogP contribution in [0.2, 0.25) is 0 Å². The maximum absolute atomic E-state index is 12.6. The topological polar surface area (TPSA) is 87.7 Å². The molecule has 2 aromatic carbocycles. The van der Waals surface area contributed by atoms with Crippen molar-refractivity contribution >= 4 is 21.6 Å². The average molecular weight is 441 g/mol. The van der Waals surface area contributed by atoms with E-state index in [4.69, 9.17) is 4.74 Å². The first kappa shape index (κ1) is 20.5. The Morgan fingerprint density at radius 2 is 1.87 bits per heavy atom. The number of rotatable bonds is 4. The third-order valence-electron chi connectivity index (χ3n) is 4.94. The van der Waals surface area contributed by atoms with Crippen LogP contribution in [0.3, 0.4) is 0 Å². The van der Waals surface area contributed by atoms with Gasteiger partial charge in [0.15, 0.2) is 0 Å². The van der Waals surface area contributed by atoms with Crippen LogP contribution in [-0.4, -0.2) is 33.2 Å². The Labute approximate surface area is 170 Å². The molecule has 2 heterocycles. The van der Waals surface area contributed by atoms with Crippen molar-refractivity contribution in [1.82, 2.24) is 10.0 Å². The molecule has 30 heavy (non-hydrogen) atoms. The fourth-order valence-corrected chi connectivity index (χ4v) is 4.99. The summed E-state index contributed by atoms with van der Waals surface area (Å²) in [4.78, 5) is 13.0. The summed E-state index contributed by atoms with van der Waals surface area (Å²) in [7, 11) is -3.65. The Hall–Kier alpha value is -2.79. The number of benzene rings is 2. The molecule has 2 aliphatic rings. The summed E-state index contributed by atoms with van der Waals surface area (Å²) in [6.45, 7) is 0.491. The van der Waals surface area contributed by atoms with Crippen molar-refractivity contribution in [3.63, 3.8) is 0 Å². The first-order chi connectivity index (χ1) is 14.1. The van der Waals surface area contributed by atoms with Gasteiger partial charge in [0.05, 0.1) is 11.9 Å². The van der Waals surface area contributed by atoms with E-state index in [9.17, 15) is 26.4 Å². The number of carbonyl (C=O) groups is 1. The largest absolute Gasteiger partial charge is 0.471 e. The van der Waals surface area contributed by atoms with Crippen LogP contribution in [0, 0.1) is 0 Å². The number of nitrogens with zero attached hydrogens (tertiary/aromatic N) is 1. The van der Waals surface area contributed by atoms with E-state index < -0.39 is 22.1 Å². The van der Waals surface area contributed by atoms with Crippen LogP contribution in [0.5, 0.6) is 11.5 Å². The van der Waals surface area contributed by atoms with Gasteiger partial charge in [0.1, 0.15) is 16.4 Å². The van der Waals surface area contributed by atoms with Crippen LogP contribution in [0.15, 0.2) is 47.4 Å². The fraction of sp³-hybridized carbons (Fsp3) is 0.316. The lowest BCUT2D eigenvalue weighted by molar-refractivity contribution is -0.173. The molecule has 0 spiro atoms. The predicted molar refractivity (Wildman–Crippen MR) is 102 cm³/mol. The van der Waals surface area contributed by atoms with Crippen LogP contribution in [0.25, 0.3) is 0 Å². The number of nitrogens with one attached hydrogen (secondary N) is 2. The molecular formula is C19H18F3N3O4S. The van der Waals surface area contributed by atoms with E-state index >= 15 is 0 Å². The summed E-state index contributed by atoms with van der Waals surface area (Å²) in [5.74, 6) is -1.32. The highest BCUT2D eigenvalue weighted by atomic mass is 32.2. The van der Waals surface area contributed by atoms with E-state index in [0.29, 0.717) is 22.7 Å². The lowest BCUT2D eigenvalue weighted by Crippen LogP contribution is -2.48.